The first-order chi connectivity index (χ1) is 13.2. The van der Waals surface area contributed by atoms with Crippen LogP contribution < -0.4 is 19.5 Å². The van der Waals surface area contributed by atoms with Gasteiger partial charge in [0.1, 0.15) is 11.5 Å². The fraction of sp³-hybridized carbons (Fsp3) is 0.278. The molecule has 152 valence electrons. The van der Waals surface area contributed by atoms with Gasteiger partial charge in [0, 0.05) is 13.5 Å². The van der Waals surface area contributed by atoms with Gasteiger partial charge >= 0.3 is 6.61 Å². The fourth-order valence-electron chi connectivity index (χ4n) is 2.39. The van der Waals surface area contributed by atoms with Crippen LogP contribution in [-0.2, 0) is 21.2 Å². The molecule has 0 saturated carbocycles. The summed E-state index contributed by atoms with van der Waals surface area (Å²) in [5.41, 5.74) is 0.991. The van der Waals surface area contributed by atoms with Crippen LogP contribution in [0.15, 0.2) is 47.4 Å². The van der Waals surface area contributed by atoms with Crippen molar-refractivity contribution in [2.45, 2.75) is 24.9 Å². The van der Waals surface area contributed by atoms with Gasteiger partial charge in [-0.1, -0.05) is 12.1 Å². The van der Waals surface area contributed by atoms with Crippen molar-refractivity contribution in [3.8, 4) is 11.5 Å². The fourth-order valence-corrected chi connectivity index (χ4v) is 3.45. The molecule has 0 aliphatic rings. The third kappa shape index (κ3) is 6.17. The van der Waals surface area contributed by atoms with Gasteiger partial charge in [-0.3, -0.25) is 4.79 Å². The number of methoxy groups -OCH3 is 1. The molecule has 0 atom stereocenters. The van der Waals surface area contributed by atoms with Crippen LogP contribution in [0.1, 0.15) is 12.5 Å². The maximum Gasteiger partial charge on any atom is 0.387 e. The van der Waals surface area contributed by atoms with Gasteiger partial charge in [0.2, 0.25) is 15.9 Å². The minimum absolute atomic E-state index is 0.0299. The number of alkyl halides is 2. The van der Waals surface area contributed by atoms with Crippen LogP contribution >= 0.6 is 0 Å². The molecule has 0 saturated heterocycles. The summed E-state index contributed by atoms with van der Waals surface area (Å²) in [5, 5.41) is 2.52. The first kappa shape index (κ1) is 21.6. The summed E-state index contributed by atoms with van der Waals surface area (Å²) < 4.78 is 61.0. The van der Waals surface area contributed by atoms with E-state index in [4.69, 9.17) is 4.74 Å². The lowest BCUT2D eigenvalue weighted by Gasteiger charge is -2.12. The number of carbonyl (C=O) groups excluding carboxylic acids is 1. The highest BCUT2D eigenvalue weighted by molar-refractivity contribution is 7.89. The Bertz CT molecular complexity index is 918. The van der Waals surface area contributed by atoms with E-state index in [0.29, 0.717) is 12.2 Å². The highest BCUT2D eigenvalue weighted by Gasteiger charge is 2.17. The molecule has 0 fully saturated rings. The molecule has 0 heterocycles. The van der Waals surface area contributed by atoms with Gasteiger partial charge in [-0.25, -0.2) is 13.1 Å². The molecule has 0 bridgehead atoms. The van der Waals surface area contributed by atoms with Gasteiger partial charge in [-0.2, -0.15) is 8.78 Å². The Labute approximate surface area is 161 Å². The molecule has 2 aromatic rings. The van der Waals surface area contributed by atoms with Gasteiger partial charge in [0.15, 0.2) is 0 Å². The molecule has 0 aliphatic heterocycles. The van der Waals surface area contributed by atoms with E-state index >= 15 is 0 Å². The van der Waals surface area contributed by atoms with E-state index in [1.54, 1.807) is 12.1 Å². The number of halogens is 2. The van der Waals surface area contributed by atoms with Gasteiger partial charge in [-0.05, 0) is 42.3 Å². The van der Waals surface area contributed by atoms with Crippen molar-refractivity contribution in [2.75, 3.05) is 19.0 Å². The number of amides is 1. The molecule has 0 radical (unpaired) electrons. The van der Waals surface area contributed by atoms with E-state index in [2.05, 4.69) is 14.8 Å². The number of hydrogen-bond donors (Lipinski definition) is 2. The summed E-state index contributed by atoms with van der Waals surface area (Å²) >= 11 is 0. The Kier molecular flexibility index (Phi) is 7.30. The lowest BCUT2D eigenvalue weighted by molar-refractivity contribution is -0.114. The normalized spacial score (nSPS) is 11.3. The van der Waals surface area contributed by atoms with Gasteiger partial charge in [-0.15, -0.1) is 0 Å². The van der Waals surface area contributed by atoms with Crippen LogP contribution in [-0.4, -0.2) is 34.6 Å². The maximum atomic E-state index is 12.5. The molecule has 0 aliphatic carbocycles. The zero-order chi connectivity index (χ0) is 20.7. The number of benzene rings is 2. The number of rotatable bonds is 9. The monoisotopic (exact) mass is 414 g/mol. The number of anilines is 1. The SMILES string of the molecule is COc1ccc(S(=O)(=O)NCCc2ccc(OC(F)F)cc2)cc1NC(C)=O. The summed E-state index contributed by atoms with van der Waals surface area (Å²) in [4.78, 5) is 11.2. The number of sulfonamides is 1. The second kappa shape index (κ2) is 9.47. The van der Waals surface area contributed by atoms with Crippen molar-refractivity contribution in [3.05, 3.63) is 48.0 Å². The molecule has 7 nitrogen and oxygen atoms in total. The van der Waals surface area contributed by atoms with Crippen LogP contribution in [0, 0.1) is 0 Å². The van der Waals surface area contributed by atoms with Crippen molar-refractivity contribution in [1.82, 2.24) is 4.72 Å². The number of ether oxygens (including phenoxy) is 2. The van der Waals surface area contributed by atoms with E-state index in [1.165, 1.54) is 44.4 Å². The number of nitrogens with one attached hydrogen (secondary N) is 2. The van der Waals surface area contributed by atoms with E-state index < -0.39 is 16.6 Å². The quantitative estimate of drug-likeness (QED) is 0.658. The van der Waals surface area contributed by atoms with Gasteiger partial charge < -0.3 is 14.8 Å². The molecular formula is C18H20F2N2O5S. The second-order valence-corrected chi connectivity index (χ2v) is 7.48. The highest BCUT2D eigenvalue weighted by Crippen LogP contribution is 2.27. The van der Waals surface area contributed by atoms with Crippen molar-refractivity contribution >= 4 is 21.6 Å². The average Bonchev–Trinajstić information content (AvgIpc) is 2.62. The van der Waals surface area contributed by atoms with Crippen LogP contribution in [0.25, 0.3) is 0 Å². The largest absolute Gasteiger partial charge is 0.495 e. The van der Waals surface area contributed by atoms with E-state index in [9.17, 15) is 22.0 Å². The summed E-state index contributed by atoms with van der Waals surface area (Å²) in [7, 11) is -2.41. The van der Waals surface area contributed by atoms with E-state index in [-0.39, 0.29) is 28.8 Å². The predicted octanol–water partition coefficient (Wildman–Crippen LogP) is 2.78. The topological polar surface area (TPSA) is 93.7 Å². The molecule has 0 spiro atoms. The summed E-state index contributed by atoms with van der Waals surface area (Å²) in [6.07, 6.45) is 0.350. The standard InChI is InChI=1S/C18H20F2N2O5S/c1-12(23)22-16-11-15(7-8-17(16)26-2)28(24,25)21-10-9-13-3-5-14(6-4-13)27-18(19)20/h3-8,11,18,21H,9-10H2,1-2H3,(H,22,23). The molecule has 2 aromatic carbocycles. The van der Waals surface area contributed by atoms with Crippen molar-refractivity contribution in [1.29, 1.82) is 0 Å². The zero-order valence-electron chi connectivity index (χ0n) is 15.2. The van der Waals surface area contributed by atoms with Crippen molar-refractivity contribution in [3.63, 3.8) is 0 Å². The third-order valence-corrected chi connectivity index (χ3v) is 5.10. The summed E-state index contributed by atoms with van der Waals surface area (Å²) in [6, 6.07) is 10.0. The van der Waals surface area contributed by atoms with Gasteiger partial charge in [0.05, 0.1) is 17.7 Å². The number of carbonyl (C=O) groups is 1. The Hall–Kier alpha value is -2.72. The minimum Gasteiger partial charge on any atom is -0.495 e. The highest BCUT2D eigenvalue weighted by atomic mass is 32.2. The van der Waals surface area contributed by atoms with Crippen molar-refractivity contribution < 1.29 is 31.5 Å². The minimum atomic E-state index is -3.82. The lowest BCUT2D eigenvalue weighted by atomic mass is 10.1. The van der Waals surface area contributed by atoms with Crippen LogP contribution in [0.2, 0.25) is 0 Å². The Balaban J connectivity index is 2.02. The first-order valence-electron chi connectivity index (χ1n) is 8.20. The Morgan fingerprint density at radius 1 is 1.14 bits per heavy atom. The average molecular weight is 414 g/mol. The predicted molar refractivity (Wildman–Crippen MR) is 99.3 cm³/mol. The number of hydrogen-bond acceptors (Lipinski definition) is 5. The van der Waals surface area contributed by atoms with E-state index in [1.807, 2.05) is 0 Å². The lowest BCUT2D eigenvalue weighted by Crippen LogP contribution is -2.26. The molecule has 2 N–H and O–H groups in total. The summed E-state index contributed by atoms with van der Waals surface area (Å²) in [5.74, 6) is 0.00314. The summed E-state index contributed by atoms with van der Waals surface area (Å²) in [6.45, 7) is -1.50. The van der Waals surface area contributed by atoms with Crippen molar-refractivity contribution in [2.24, 2.45) is 0 Å². The van der Waals surface area contributed by atoms with Crippen LogP contribution in [0.5, 0.6) is 11.5 Å². The Morgan fingerprint density at radius 3 is 2.39 bits per heavy atom. The molecule has 10 heteroatoms. The molecule has 0 unspecified atom stereocenters. The molecule has 2 rings (SSSR count). The van der Waals surface area contributed by atoms with Crippen LogP contribution in [0.3, 0.4) is 0 Å². The van der Waals surface area contributed by atoms with Crippen LogP contribution in [0.4, 0.5) is 14.5 Å². The molecule has 1 amide bonds. The molecule has 0 aromatic heterocycles. The Morgan fingerprint density at radius 2 is 1.82 bits per heavy atom. The zero-order valence-corrected chi connectivity index (χ0v) is 16.1. The smallest absolute Gasteiger partial charge is 0.387 e. The maximum absolute atomic E-state index is 12.5. The first-order valence-corrected chi connectivity index (χ1v) is 9.68. The molecule has 28 heavy (non-hydrogen) atoms. The van der Waals surface area contributed by atoms with E-state index in [0.717, 1.165) is 5.56 Å². The van der Waals surface area contributed by atoms with Gasteiger partial charge in [0.25, 0.3) is 0 Å². The third-order valence-electron chi connectivity index (χ3n) is 3.65. The second-order valence-electron chi connectivity index (χ2n) is 5.71. The molecular weight excluding hydrogens is 394 g/mol.